The number of carbonyl (C=O) groups excluding carboxylic acids is 1. The molecule has 0 atom stereocenters. The second kappa shape index (κ2) is 9.23. The van der Waals surface area contributed by atoms with E-state index in [1.54, 1.807) is 12.3 Å². The van der Waals surface area contributed by atoms with Crippen molar-refractivity contribution in [1.82, 2.24) is 0 Å². The summed E-state index contributed by atoms with van der Waals surface area (Å²) < 4.78 is 12.7. The van der Waals surface area contributed by atoms with Crippen LogP contribution in [-0.2, 0) is 4.79 Å². The van der Waals surface area contributed by atoms with Gasteiger partial charge in [-0.25, -0.2) is 0 Å². The zero-order valence-electron chi connectivity index (χ0n) is 17.3. The maximum atomic E-state index is 12.5. The maximum Gasteiger partial charge on any atom is 0.248 e. The van der Waals surface area contributed by atoms with Gasteiger partial charge in [-0.05, 0) is 55.3 Å². The molecule has 1 heterocycles. The molecule has 4 aromatic rings. The van der Waals surface area contributed by atoms with Gasteiger partial charge in [0.15, 0.2) is 0 Å². The summed E-state index contributed by atoms with van der Waals surface area (Å²) in [4.78, 5) is 12.5. The van der Waals surface area contributed by atoms with E-state index in [4.69, 9.17) is 9.15 Å². The number of anilines is 1. The highest BCUT2D eigenvalue weighted by atomic mass is 79.9. The third kappa shape index (κ3) is 4.72. The summed E-state index contributed by atoms with van der Waals surface area (Å²) in [6, 6.07) is 21.4. The Balaban J connectivity index is 1.74. The summed E-state index contributed by atoms with van der Waals surface area (Å²) in [6.07, 6.45) is 3.35. The number of carbonyl (C=O) groups is 1. The van der Waals surface area contributed by atoms with Crippen LogP contribution in [0.4, 0.5) is 5.69 Å². The van der Waals surface area contributed by atoms with Crippen LogP contribution in [0.5, 0.6) is 5.75 Å². The Morgan fingerprint density at radius 1 is 1.10 bits per heavy atom. The molecule has 3 aromatic carbocycles. The van der Waals surface area contributed by atoms with Gasteiger partial charge in [-0.1, -0.05) is 46.3 Å². The molecule has 4 nitrogen and oxygen atoms in total. The number of furan rings is 1. The molecular formula is C26H22BrNO3. The van der Waals surface area contributed by atoms with Gasteiger partial charge in [0.25, 0.3) is 0 Å². The van der Waals surface area contributed by atoms with Crippen LogP contribution in [0.2, 0.25) is 0 Å². The molecule has 156 valence electrons. The van der Waals surface area contributed by atoms with Crippen molar-refractivity contribution in [2.45, 2.75) is 13.8 Å². The van der Waals surface area contributed by atoms with Crippen molar-refractivity contribution < 1.29 is 13.9 Å². The first-order valence-electron chi connectivity index (χ1n) is 10.0. The molecule has 0 aliphatic rings. The van der Waals surface area contributed by atoms with Crippen molar-refractivity contribution in [2.75, 3.05) is 11.9 Å². The zero-order valence-corrected chi connectivity index (χ0v) is 18.9. The quantitative estimate of drug-likeness (QED) is 0.297. The molecule has 5 heteroatoms. The number of hydrogen-bond acceptors (Lipinski definition) is 3. The molecule has 0 aliphatic heterocycles. The standard InChI is InChI=1S/C26H22BrNO3/c1-3-30-24-15-25-22(23(16-31-25)18-9-11-19(27)12-10-18)14-21(24)17(2)13-26(29)28-20-7-5-4-6-8-20/h4-16H,3H2,1-2H3,(H,28,29)/b17-13+. The Morgan fingerprint density at radius 3 is 2.55 bits per heavy atom. The number of fused-ring (bicyclic) bond motifs is 1. The molecule has 0 fully saturated rings. The van der Waals surface area contributed by atoms with Gasteiger partial charge in [0, 0.05) is 38.8 Å². The number of allylic oxidation sites excluding steroid dienone is 1. The fourth-order valence-electron chi connectivity index (χ4n) is 3.47. The van der Waals surface area contributed by atoms with Gasteiger partial charge < -0.3 is 14.5 Å². The summed E-state index contributed by atoms with van der Waals surface area (Å²) in [7, 11) is 0. The largest absolute Gasteiger partial charge is 0.493 e. The molecule has 31 heavy (non-hydrogen) atoms. The van der Waals surface area contributed by atoms with Gasteiger partial charge in [0.1, 0.15) is 11.3 Å². The highest BCUT2D eigenvalue weighted by Crippen LogP contribution is 2.37. The molecule has 0 unspecified atom stereocenters. The molecule has 0 bridgehead atoms. The molecular weight excluding hydrogens is 454 g/mol. The number of para-hydroxylation sites is 1. The lowest BCUT2D eigenvalue weighted by molar-refractivity contribution is -0.111. The van der Waals surface area contributed by atoms with Crippen molar-refractivity contribution in [3.63, 3.8) is 0 Å². The first-order chi connectivity index (χ1) is 15.0. The van der Waals surface area contributed by atoms with E-state index in [0.717, 1.165) is 43.4 Å². The van der Waals surface area contributed by atoms with E-state index in [9.17, 15) is 4.79 Å². The zero-order chi connectivity index (χ0) is 21.8. The Kier molecular flexibility index (Phi) is 6.23. The monoisotopic (exact) mass is 475 g/mol. The third-order valence-electron chi connectivity index (χ3n) is 4.94. The first-order valence-corrected chi connectivity index (χ1v) is 10.8. The van der Waals surface area contributed by atoms with E-state index in [-0.39, 0.29) is 5.91 Å². The average Bonchev–Trinajstić information content (AvgIpc) is 3.17. The van der Waals surface area contributed by atoms with E-state index >= 15 is 0 Å². The minimum absolute atomic E-state index is 0.188. The number of benzene rings is 3. The van der Waals surface area contributed by atoms with Gasteiger partial charge >= 0.3 is 0 Å². The summed E-state index contributed by atoms with van der Waals surface area (Å²) in [5, 5.41) is 3.86. The number of hydrogen-bond donors (Lipinski definition) is 1. The van der Waals surface area contributed by atoms with Crippen molar-refractivity contribution in [3.8, 4) is 16.9 Å². The fraction of sp³-hybridized carbons (Fsp3) is 0.115. The topological polar surface area (TPSA) is 51.5 Å². The van der Waals surface area contributed by atoms with Crippen LogP contribution in [0.15, 0.2) is 88.0 Å². The van der Waals surface area contributed by atoms with Crippen LogP contribution < -0.4 is 10.1 Å². The highest BCUT2D eigenvalue weighted by molar-refractivity contribution is 9.10. The van der Waals surface area contributed by atoms with Crippen molar-refractivity contribution >= 4 is 44.1 Å². The number of rotatable bonds is 6. The normalized spacial score (nSPS) is 11.5. The predicted molar refractivity (Wildman–Crippen MR) is 129 cm³/mol. The second-order valence-corrected chi connectivity index (χ2v) is 8.03. The lowest BCUT2D eigenvalue weighted by Crippen LogP contribution is -2.08. The van der Waals surface area contributed by atoms with Crippen LogP contribution in [0, 0.1) is 0 Å². The summed E-state index contributed by atoms with van der Waals surface area (Å²) in [5.41, 5.74) is 5.21. The molecule has 1 amide bonds. The Bertz CT molecular complexity index is 1240. The Morgan fingerprint density at radius 2 is 1.84 bits per heavy atom. The smallest absolute Gasteiger partial charge is 0.248 e. The number of halogens is 1. The molecule has 0 saturated heterocycles. The van der Waals surface area contributed by atoms with Gasteiger partial charge in [-0.2, -0.15) is 0 Å². The predicted octanol–water partition coefficient (Wildman–Crippen LogP) is 7.30. The van der Waals surface area contributed by atoms with Crippen molar-refractivity contribution in [2.24, 2.45) is 0 Å². The van der Waals surface area contributed by atoms with E-state index in [2.05, 4.69) is 21.2 Å². The fourth-order valence-corrected chi connectivity index (χ4v) is 3.73. The van der Waals surface area contributed by atoms with Crippen LogP contribution in [0.1, 0.15) is 19.4 Å². The maximum absolute atomic E-state index is 12.5. The molecule has 0 saturated carbocycles. The molecule has 4 rings (SSSR count). The van der Waals surface area contributed by atoms with E-state index in [1.807, 2.05) is 80.6 Å². The summed E-state index contributed by atoms with van der Waals surface area (Å²) >= 11 is 3.48. The van der Waals surface area contributed by atoms with Crippen LogP contribution in [-0.4, -0.2) is 12.5 Å². The second-order valence-electron chi connectivity index (χ2n) is 7.12. The van der Waals surface area contributed by atoms with Crippen molar-refractivity contribution in [1.29, 1.82) is 0 Å². The highest BCUT2D eigenvalue weighted by Gasteiger charge is 2.15. The lowest BCUT2D eigenvalue weighted by Gasteiger charge is -2.12. The Hall–Kier alpha value is -3.31. The minimum Gasteiger partial charge on any atom is -0.493 e. The van der Waals surface area contributed by atoms with Crippen LogP contribution in [0.25, 0.3) is 27.7 Å². The molecule has 1 N–H and O–H groups in total. The SMILES string of the molecule is CCOc1cc2occ(-c3ccc(Br)cc3)c2cc1/C(C)=C/C(=O)Nc1ccccc1. The van der Waals surface area contributed by atoms with Gasteiger partial charge in [0.2, 0.25) is 5.91 Å². The van der Waals surface area contributed by atoms with Crippen molar-refractivity contribution in [3.05, 3.63) is 89.1 Å². The molecule has 0 radical (unpaired) electrons. The number of nitrogens with one attached hydrogen (secondary N) is 1. The number of amides is 1. The van der Waals surface area contributed by atoms with E-state index < -0.39 is 0 Å². The van der Waals surface area contributed by atoms with E-state index in [0.29, 0.717) is 12.4 Å². The number of ether oxygens (including phenoxy) is 1. The Labute approximate surface area is 189 Å². The molecule has 0 spiro atoms. The van der Waals surface area contributed by atoms with E-state index in [1.165, 1.54) is 0 Å². The minimum atomic E-state index is -0.188. The van der Waals surface area contributed by atoms with Gasteiger partial charge in [-0.15, -0.1) is 0 Å². The van der Waals surface area contributed by atoms with Gasteiger partial charge in [0.05, 0.1) is 12.9 Å². The van der Waals surface area contributed by atoms with Gasteiger partial charge in [-0.3, -0.25) is 4.79 Å². The summed E-state index contributed by atoms with van der Waals surface area (Å²) in [6.45, 7) is 4.36. The first kappa shape index (κ1) is 20.9. The third-order valence-corrected chi connectivity index (χ3v) is 5.47. The molecule has 1 aromatic heterocycles. The van der Waals surface area contributed by atoms with Crippen LogP contribution in [0.3, 0.4) is 0 Å². The summed E-state index contributed by atoms with van der Waals surface area (Å²) in [5.74, 6) is 0.500. The van der Waals surface area contributed by atoms with Crippen LogP contribution >= 0.6 is 15.9 Å². The molecule has 0 aliphatic carbocycles. The average molecular weight is 476 g/mol. The lowest BCUT2D eigenvalue weighted by atomic mass is 9.99.